The summed E-state index contributed by atoms with van der Waals surface area (Å²) in [7, 11) is 0. The molecule has 0 spiro atoms. The summed E-state index contributed by atoms with van der Waals surface area (Å²) >= 11 is 0. The fourth-order valence-corrected chi connectivity index (χ4v) is 3.08. The number of nitrogens with one attached hydrogen (secondary N) is 1. The Hall–Kier alpha value is -3.67. The van der Waals surface area contributed by atoms with Gasteiger partial charge in [-0.3, -0.25) is 4.79 Å². The van der Waals surface area contributed by atoms with Crippen LogP contribution in [0, 0.1) is 17.1 Å². The van der Waals surface area contributed by atoms with Crippen LogP contribution in [-0.4, -0.2) is 39.7 Å². The van der Waals surface area contributed by atoms with Crippen molar-refractivity contribution in [1.29, 1.82) is 5.26 Å². The van der Waals surface area contributed by atoms with Crippen LogP contribution in [0.1, 0.15) is 42.1 Å². The Morgan fingerprint density at radius 2 is 2.38 bits per heavy atom. The number of ether oxygens (including phenoxy) is 1. The van der Waals surface area contributed by atoms with Gasteiger partial charge in [-0.05, 0) is 32.0 Å². The Bertz CT molecular complexity index is 1320. The molecule has 1 aromatic carbocycles. The summed E-state index contributed by atoms with van der Waals surface area (Å²) in [5, 5.41) is 16.4. The third-order valence-electron chi connectivity index (χ3n) is 4.54. The molecule has 0 aliphatic carbocycles. The highest BCUT2D eigenvalue weighted by Gasteiger charge is 2.22. The second-order valence-electron chi connectivity index (χ2n) is 6.46. The van der Waals surface area contributed by atoms with Crippen LogP contribution in [0.15, 0.2) is 30.6 Å². The van der Waals surface area contributed by atoms with Crippen molar-refractivity contribution in [2.75, 3.05) is 17.9 Å². The predicted molar refractivity (Wildman–Crippen MR) is 103 cm³/mol. The quantitative estimate of drug-likeness (QED) is 0.675. The van der Waals surface area contributed by atoms with Crippen molar-refractivity contribution in [3.8, 4) is 11.8 Å². The van der Waals surface area contributed by atoms with Gasteiger partial charge in [-0.15, -0.1) is 0 Å². The lowest BCUT2D eigenvalue weighted by Crippen LogP contribution is -2.33. The number of nitriles is 1. The first-order chi connectivity index (χ1) is 15.9. The molecule has 2 bridgehead atoms. The summed E-state index contributed by atoms with van der Waals surface area (Å²) in [6.07, 6.45) is 2.05. The van der Waals surface area contributed by atoms with Crippen molar-refractivity contribution in [2.45, 2.75) is 26.4 Å². The van der Waals surface area contributed by atoms with E-state index in [9.17, 15) is 14.4 Å². The molecule has 0 fully saturated rings. The number of carbonyl (C=O) groups excluding carboxylic acids is 1. The highest BCUT2D eigenvalue weighted by atomic mass is 19.1. The minimum Gasteiger partial charge on any atom is -0.488 e. The van der Waals surface area contributed by atoms with E-state index in [1.807, 2.05) is 0 Å². The molecule has 1 atom stereocenters. The van der Waals surface area contributed by atoms with Gasteiger partial charge in [0.05, 0.1) is 18.3 Å². The van der Waals surface area contributed by atoms with Crippen LogP contribution in [0.5, 0.6) is 5.75 Å². The molecule has 1 N–H and O–H groups in total. The molecule has 1 amide bonds. The van der Waals surface area contributed by atoms with Gasteiger partial charge in [-0.2, -0.15) is 10.4 Å². The molecule has 29 heavy (non-hydrogen) atoms. The Morgan fingerprint density at radius 1 is 1.52 bits per heavy atom. The standard InChI is InChI=1S/C20H19FN6O2/c1-3-26-11-15-13(8-22)16(21)4-5-17(15)29-12(2)9-23-20(28)14-10-24-27-7-6-18(26)25-19(14)27/h4-7,10,12H,3,9,11H2,1-2H3,(H,23,28)/t12-/m0/s1/i1D3,3D2. The first-order valence-electron chi connectivity index (χ1n) is 11.2. The number of carbonyl (C=O) groups is 1. The zero-order chi connectivity index (χ0) is 24.8. The maximum absolute atomic E-state index is 14.5. The lowest BCUT2D eigenvalue weighted by atomic mass is 10.1. The molecule has 2 aromatic heterocycles. The Morgan fingerprint density at radius 3 is 3.17 bits per heavy atom. The highest BCUT2D eigenvalue weighted by Crippen LogP contribution is 2.29. The molecule has 3 heterocycles. The summed E-state index contributed by atoms with van der Waals surface area (Å²) in [6.45, 7) is -5.01. The zero-order valence-corrected chi connectivity index (χ0v) is 15.3. The summed E-state index contributed by atoms with van der Waals surface area (Å²) in [6, 6.07) is 5.38. The molecule has 148 valence electrons. The maximum atomic E-state index is 14.5. The molecule has 4 rings (SSSR count). The summed E-state index contributed by atoms with van der Waals surface area (Å²) < 4.78 is 61.8. The van der Waals surface area contributed by atoms with Gasteiger partial charge in [-0.1, -0.05) is 0 Å². The number of hydrogen-bond acceptors (Lipinski definition) is 6. The number of benzene rings is 1. The van der Waals surface area contributed by atoms with E-state index in [0.717, 1.165) is 11.0 Å². The van der Waals surface area contributed by atoms with Gasteiger partial charge in [-0.25, -0.2) is 13.9 Å². The van der Waals surface area contributed by atoms with Crippen molar-refractivity contribution in [3.63, 3.8) is 0 Å². The van der Waals surface area contributed by atoms with E-state index < -0.39 is 43.3 Å². The fraction of sp³-hybridized carbons (Fsp3) is 0.300. The van der Waals surface area contributed by atoms with E-state index in [1.165, 1.54) is 29.0 Å². The molecule has 0 saturated carbocycles. The maximum Gasteiger partial charge on any atom is 0.256 e. The number of amides is 1. The van der Waals surface area contributed by atoms with Gasteiger partial charge in [0.25, 0.3) is 5.91 Å². The van der Waals surface area contributed by atoms with E-state index in [0.29, 0.717) is 0 Å². The minimum atomic E-state index is -3.15. The summed E-state index contributed by atoms with van der Waals surface area (Å²) in [5.74, 6) is -1.49. The third kappa shape index (κ3) is 3.33. The molecular weight excluding hydrogens is 375 g/mol. The lowest BCUT2D eigenvalue weighted by Gasteiger charge is -2.25. The Kier molecular flexibility index (Phi) is 3.44. The first-order valence-corrected chi connectivity index (χ1v) is 8.72. The van der Waals surface area contributed by atoms with E-state index in [4.69, 9.17) is 11.6 Å². The van der Waals surface area contributed by atoms with Crippen LogP contribution in [0.3, 0.4) is 0 Å². The van der Waals surface area contributed by atoms with Crippen LogP contribution in [-0.2, 0) is 6.54 Å². The van der Waals surface area contributed by atoms with Crippen LogP contribution in [0.2, 0.25) is 0 Å². The second kappa shape index (κ2) is 7.39. The van der Waals surface area contributed by atoms with Gasteiger partial charge in [0.2, 0.25) is 0 Å². The largest absolute Gasteiger partial charge is 0.488 e. The highest BCUT2D eigenvalue weighted by molar-refractivity contribution is 5.99. The molecule has 0 radical (unpaired) electrons. The number of fused-ring (bicyclic) bond motifs is 2. The Balaban J connectivity index is 2.01. The average molecular weight is 399 g/mol. The third-order valence-corrected chi connectivity index (χ3v) is 4.54. The van der Waals surface area contributed by atoms with Crippen LogP contribution < -0.4 is 15.0 Å². The molecule has 0 saturated heterocycles. The van der Waals surface area contributed by atoms with Crippen molar-refractivity contribution >= 4 is 17.4 Å². The summed E-state index contributed by atoms with van der Waals surface area (Å²) in [4.78, 5) is 17.9. The molecule has 1 aliphatic rings. The van der Waals surface area contributed by atoms with Crippen LogP contribution in [0.25, 0.3) is 5.65 Å². The van der Waals surface area contributed by atoms with Gasteiger partial charge in [0, 0.05) is 31.7 Å². The van der Waals surface area contributed by atoms with Crippen molar-refractivity contribution in [1.82, 2.24) is 19.9 Å². The number of halogens is 1. The van der Waals surface area contributed by atoms with Crippen molar-refractivity contribution in [2.24, 2.45) is 0 Å². The van der Waals surface area contributed by atoms with E-state index >= 15 is 0 Å². The number of aromatic nitrogens is 3. The molecule has 3 aromatic rings. The molecule has 8 nitrogen and oxygen atoms in total. The fourth-order valence-electron chi connectivity index (χ4n) is 3.08. The second-order valence-corrected chi connectivity index (χ2v) is 6.46. The Labute approximate surface area is 173 Å². The van der Waals surface area contributed by atoms with E-state index in [1.54, 1.807) is 13.0 Å². The molecule has 0 unspecified atom stereocenters. The normalized spacial score (nSPS) is 20.3. The number of hydrogen-bond donors (Lipinski definition) is 1. The van der Waals surface area contributed by atoms with E-state index in [2.05, 4.69) is 15.4 Å². The molecule has 1 aliphatic heterocycles. The van der Waals surface area contributed by atoms with Gasteiger partial charge in [0.15, 0.2) is 5.65 Å². The first kappa shape index (κ1) is 13.5. The number of nitrogens with zero attached hydrogens (tertiary/aromatic N) is 5. The molecule has 9 heteroatoms. The summed E-state index contributed by atoms with van der Waals surface area (Å²) in [5.41, 5.74) is -0.317. The minimum absolute atomic E-state index is 0.0500. The predicted octanol–water partition coefficient (Wildman–Crippen LogP) is 2.28. The van der Waals surface area contributed by atoms with E-state index in [-0.39, 0.29) is 34.9 Å². The number of rotatable bonds is 1. The smallest absolute Gasteiger partial charge is 0.256 e. The topological polar surface area (TPSA) is 95.6 Å². The van der Waals surface area contributed by atoms with Gasteiger partial charge < -0.3 is 15.0 Å². The van der Waals surface area contributed by atoms with Crippen molar-refractivity contribution < 1.29 is 20.8 Å². The van der Waals surface area contributed by atoms with Crippen LogP contribution in [0.4, 0.5) is 10.2 Å². The van der Waals surface area contributed by atoms with Gasteiger partial charge >= 0.3 is 0 Å². The van der Waals surface area contributed by atoms with Crippen molar-refractivity contribution in [3.05, 3.63) is 53.1 Å². The zero-order valence-electron chi connectivity index (χ0n) is 20.3. The number of anilines is 1. The lowest BCUT2D eigenvalue weighted by molar-refractivity contribution is 0.0933. The van der Waals surface area contributed by atoms with Crippen LogP contribution >= 0.6 is 0 Å². The molecular formula is C20H19FN6O2. The monoisotopic (exact) mass is 399 g/mol. The SMILES string of the molecule is [2H]C([2H])([2H])C([2H])([2H])N1Cc2c(ccc(F)c2C#N)O[C@@H](C)CNC(=O)c2cnn3ccc1nc23. The van der Waals surface area contributed by atoms with Gasteiger partial charge in [0.1, 0.15) is 35.1 Å². The average Bonchev–Trinajstić information content (AvgIpc) is 3.19.